The number of sulfonamides is 1. The molecule has 27 heavy (non-hydrogen) atoms. The Kier molecular flexibility index (Phi) is 5.93. The summed E-state index contributed by atoms with van der Waals surface area (Å²) in [4.78, 5) is 23.8. The SMILES string of the molecule is COC(=O)c1ccc(OC(=O)C2CCN(S(=O)(=O)c3cccs3)CC2)cc1. The quantitative estimate of drug-likeness (QED) is 0.557. The van der Waals surface area contributed by atoms with E-state index in [4.69, 9.17) is 4.74 Å². The van der Waals surface area contributed by atoms with Crippen LogP contribution in [-0.2, 0) is 19.6 Å². The van der Waals surface area contributed by atoms with E-state index in [1.807, 2.05) is 0 Å². The number of carbonyl (C=O) groups excluding carboxylic acids is 2. The molecule has 2 heterocycles. The Hall–Kier alpha value is -2.23. The van der Waals surface area contributed by atoms with E-state index in [2.05, 4.69) is 4.74 Å². The first-order valence-corrected chi connectivity index (χ1v) is 10.7. The van der Waals surface area contributed by atoms with Gasteiger partial charge in [0.05, 0.1) is 18.6 Å². The van der Waals surface area contributed by atoms with E-state index < -0.39 is 22.0 Å². The second-order valence-corrected chi connectivity index (χ2v) is 9.16. The normalized spacial score (nSPS) is 16.0. The number of rotatable bonds is 5. The van der Waals surface area contributed by atoms with Crippen LogP contribution in [0.15, 0.2) is 46.0 Å². The van der Waals surface area contributed by atoms with Gasteiger partial charge in [0.15, 0.2) is 0 Å². The number of carbonyl (C=O) groups is 2. The molecule has 1 fully saturated rings. The molecule has 1 aliphatic rings. The summed E-state index contributed by atoms with van der Waals surface area (Å²) in [6.45, 7) is 0.558. The summed E-state index contributed by atoms with van der Waals surface area (Å²) in [5.41, 5.74) is 0.365. The molecule has 1 aromatic carbocycles. The summed E-state index contributed by atoms with van der Waals surface area (Å²) >= 11 is 1.18. The van der Waals surface area contributed by atoms with Crippen LogP contribution in [0.3, 0.4) is 0 Å². The number of ether oxygens (including phenoxy) is 2. The summed E-state index contributed by atoms with van der Waals surface area (Å²) in [6, 6.07) is 9.38. The van der Waals surface area contributed by atoms with Crippen LogP contribution in [0.25, 0.3) is 0 Å². The van der Waals surface area contributed by atoms with Gasteiger partial charge < -0.3 is 9.47 Å². The molecule has 1 aliphatic heterocycles. The number of methoxy groups -OCH3 is 1. The molecular formula is C18H19NO6S2. The molecule has 3 rings (SSSR count). The van der Waals surface area contributed by atoms with Crippen LogP contribution in [0.1, 0.15) is 23.2 Å². The highest BCUT2D eigenvalue weighted by Crippen LogP contribution is 2.27. The molecule has 0 spiro atoms. The largest absolute Gasteiger partial charge is 0.465 e. The highest BCUT2D eigenvalue weighted by atomic mass is 32.2. The molecule has 7 nitrogen and oxygen atoms in total. The van der Waals surface area contributed by atoms with Crippen LogP contribution >= 0.6 is 11.3 Å². The van der Waals surface area contributed by atoms with Crippen molar-refractivity contribution in [2.24, 2.45) is 5.92 Å². The van der Waals surface area contributed by atoms with Crippen LogP contribution < -0.4 is 4.74 Å². The van der Waals surface area contributed by atoms with Crippen LogP contribution in [0.5, 0.6) is 5.75 Å². The maximum absolute atomic E-state index is 12.5. The number of esters is 2. The minimum absolute atomic E-state index is 0.279. The summed E-state index contributed by atoms with van der Waals surface area (Å²) in [5.74, 6) is -0.887. The zero-order chi connectivity index (χ0) is 19.4. The van der Waals surface area contributed by atoms with Gasteiger partial charge in [-0.25, -0.2) is 13.2 Å². The monoisotopic (exact) mass is 409 g/mol. The Morgan fingerprint density at radius 3 is 2.33 bits per heavy atom. The third kappa shape index (κ3) is 4.37. The Balaban J connectivity index is 1.56. The smallest absolute Gasteiger partial charge is 0.337 e. The summed E-state index contributed by atoms with van der Waals surface area (Å²) in [7, 11) is -2.19. The molecule has 0 saturated carbocycles. The molecular weight excluding hydrogens is 390 g/mol. The fourth-order valence-electron chi connectivity index (χ4n) is 2.85. The Morgan fingerprint density at radius 2 is 1.78 bits per heavy atom. The Morgan fingerprint density at radius 1 is 1.11 bits per heavy atom. The van der Waals surface area contributed by atoms with Gasteiger partial charge in [0, 0.05) is 13.1 Å². The first-order chi connectivity index (χ1) is 12.9. The zero-order valence-corrected chi connectivity index (χ0v) is 16.3. The summed E-state index contributed by atoms with van der Waals surface area (Å²) in [5, 5.41) is 1.72. The number of hydrogen-bond acceptors (Lipinski definition) is 7. The van der Waals surface area contributed by atoms with Crippen LogP contribution in [0.4, 0.5) is 0 Å². The lowest BCUT2D eigenvalue weighted by Gasteiger charge is -2.29. The molecule has 0 aliphatic carbocycles. The van der Waals surface area contributed by atoms with E-state index in [1.165, 1.54) is 47.0 Å². The molecule has 0 radical (unpaired) electrons. The van der Waals surface area contributed by atoms with Crippen molar-refractivity contribution in [1.82, 2.24) is 4.31 Å². The zero-order valence-electron chi connectivity index (χ0n) is 14.7. The van der Waals surface area contributed by atoms with Crippen molar-refractivity contribution in [3.8, 4) is 5.75 Å². The fraction of sp³-hybridized carbons (Fsp3) is 0.333. The van der Waals surface area contributed by atoms with E-state index in [0.29, 0.717) is 28.4 Å². The Bertz CT molecular complexity index is 898. The fourth-order valence-corrected chi connectivity index (χ4v) is 5.46. The molecule has 0 N–H and O–H groups in total. The summed E-state index contributed by atoms with van der Waals surface area (Å²) in [6.07, 6.45) is 0.813. The van der Waals surface area contributed by atoms with Gasteiger partial charge in [0.2, 0.25) is 0 Å². The van der Waals surface area contributed by atoms with Gasteiger partial charge in [-0.2, -0.15) is 4.31 Å². The lowest BCUT2D eigenvalue weighted by atomic mass is 9.98. The van der Waals surface area contributed by atoms with Gasteiger partial charge in [-0.05, 0) is 48.6 Å². The van der Waals surface area contributed by atoms with Gasteiger partial charge >= 0.3 is 11.9 Å². The van der Waals surface area contributed by atoms with Crippen molar-refractivity contribution in [3.05, 3.63) is 47.3 Å². The van der Waals surface area contributed by atoms with Gasteiger partial charge in [-0.15, -0.1) is 11.3 Å². The van der Waals surface area contributed by atoms with E-state index >= 15 is 0 Å². The third-order valence-electron chi connectivity index (χ3n) is 4.37. The average molecular weight is 409 g/mol. The van der Waals surface area contributed by atoms with Gasteiger partial charge in [-0.3, -0.25) is 4.79 Å². The van der Waals surface area contributed by atoms with Crippen molar-refractivity contribution in [2.45, 2.75) is 17.1 Å². The minimum Gasteiger partial charge on any atom is -0.465 e. The molecule has 0 atom stereocenters. The van der Waals surface area contributed by atoms with Crippen molar-refractivity contribution in [3.63, 3.8) is 0 Å². The van der Waals surface area contributed by atoms with Crippen LogP contribution in [0.2, 0.25) is 0 Å². The predicted octanol–water partition coefficient (Wildman–Crippen LogP) is 2.54. The van der Waals surface area contributed by atoms with E-state index in [9.17, 15) is 18.0 Å². The van der Waals surface area contributed by atoms with E-state index in [1.54, 1.807) is 17.5 Å². The summed E-state index contributed by atoms with van der Waals surface area (Å²) < 4.78 is 36.7. The van der Waals surface area contributed by atoms with Crippen LogP contribution in [-0.4, -0.2) is 44.9 Å². The molecule has 1 saturated heterocycles. The molecule has 1 aromatic heterocycles. The lowest BCUT2D eigenvalue weighted by molar-refractivity contribution is -0.140. The minimum atomic E-state index is -3.49. The highest BCUT2D eigenvalue weighted by Gasteiger charge is 2.33. The number of piperidine rings is 1. The number of nitrogens with zero attached hydrogens (tertiary/aromatic N) is 1. The average Bonchev–Trinajstić information content (AvgIpc) is 3.24. The Labute approximate surface area is 161 Å². The second kappa shape index (κ2) is 8.20. The van der Waals surface area contributed by atoms with Gasteiger partial charge in [0.1, 0.15) is 9.96 Å². The maximum Gasteiger partial charge on any atom is 0.337 e. The third-order valence-corrected chi connectivity index (χ3v) is 7.64. The van der Waals surface area contributed by atoms with Crippen molar-refractivity contribution >= 4 is 33.3 Å². The van der Waals surface area contributed by atoms with Gasteiger partial charge in [0.25, 0.3) is 10.0 Å². The first-order valence-electron chi connectivity index (χ1n) is 8.35. The number of thiophene rings is 1. The van der Waals surface area contributed by atoms with Crippen molar-refractivity contribution in [2.75, 3.05) is 20.2 Å². The number of benzene rings is 1. The molecule has 0 unspecified atom stereocenters. The van der Waals surface area contributed by atoms with Crippen molar-refractivity contribution in [1.29, 1.82) is 0 Å². The topological polar surface area (TPSA) is 90.0 Å². The molecule has 0 bridgehead atoms. The predicted molar refractivity (Wildman–Crippen MR) is 99.2 cm³/mol. The standard InChI is InChI=1S/C18H19NO6S2/c1-24-17(20)13-4-6-15(7-5-13)25-18(21)14-8-10-19(11-9-14)27(22,23)16-3-2-12-26-16/h2-7,12,14H,8-11H2,1H3. The van der Waals surface area contributed by atoms with E-state index in [0.717, 1.165) is 0 Å². The molecule has 9 heteroatoms. The molecule has 2 aromatic rings. The maximum atomic E-state index is 12.5. The second-order valence-electron chi connectivity index (χ2n) is 6.05. The van der Waals surface area contributed by atoms with E-state index in [-0.39, 0.29) is 19.0 Å². The first kappa shape index (κ1) is 19.5. The van der Waals surface area contributed by atoms with Crippen LogP contribution in [0, 0.1) is 5.92 Å². The highest BCUT2D eigenvalue weighted by molar-refractivity contribution is 7.91. The van der Waals surface area contributed by atoms with Gasteiger partial charge in [-0.1, -0.05) is 6.07 Å². The number of hydrogen-bond donors (Lipinski definition) is 0. The lowest BCUT2D eigenvalue weighted by Crippen LogP contribution is -2.40. The molecule has 144 valence electrons. The molecule has 0 amide bonds. The van der Waals surface area contributed by atoms with Crippen molar-refractivity contribution < 1.29 is 27.5 Å².